The van der Waals surface area contributed by atoms with Gasteiger partial charge < -0.3 is 19.1 Å². The number of carbonyl (C=O) groups is 1. The molecule has 1 aromatic carbocycles. The molecular weight excluding hydrogens is 330 g/mol. The summed E-state index contributed by atoms with van der Waals surface area (Å²) < 4.78 is 16.8. The van der Waals surface area contributed by atoms with Crippen LogP contribution in [0.1, 0.15) is 36.0 Å². The molecule has 1 atom stereocenters. The molecule has 0 aromatic heterocycles. The summed E-state index contributed by atoms with van der Waals surface area (Å²) in [6.07, 6.45) is 4.00. The Hall–Kier alpha value is -1.46. The smallest absolute Gasteiger partial charge is 0.254 e. The molecule has 130 valence electrons. The number of hydrogen-bond donors (Lipinski definition) is 0. The molecule has 2 aliphatic heterocycles. The van der Waals surface area contributed by atoms with Crippen molar-refractivity contribution >= 4 is 17.5 Å². The van der Waals surface area contributed by atoms with Gasteiger partial charge in [-0.25, -0.2) is 0 Å². The second-order valence-electron chi connectivity index (χ2n) is 6.75. The largest absolute Gasteiger partial charge is 0.489 e. The van der Waals surface area contributed by atoms with Crippen LogP contribution in [0.25, 0.3) is 0 Å². The number of amides is 1. The number of fused-ring (bicyclic) bond motifs is 1. The molecule has 1 saturated heterocycles. The molecule has 4 rings (SSSR count). The Morgan fingerprint density at radius 3 is 2.75 bits per heavy atom. The van der Waals surface area contributed by atoms with Crippen molar-refractivity contribution in [1.29, 1.82) is 0 Å². The fourth-order valence-electron chi connectivity index (χ4n) is 3.31. The SMILES string of the molecule is O=C(c1cc(Cl)c2c(c1)OCCCO2)N(C[C@H]1CCOC1)C1CC1. The van der Waals surface area contributed by atoms with Crippen molar-refractivity contribution in [2.45, 2.75) is 31.7 Å². The van der Waals surface area contributed by atoms with E-state index in [0.29, 0.717) is 47.3 Å². The maximum absolute atomic E-state index is 13.1. The standard InChI is InChI=1S/C18H22ClNO4/c19-15-8-13(9-16-17(15)24-6-1-5-23-16)18(21)20(14-2-3-14)10-12-4-7-22-11-12/h8-9,12,14H,1-7,10-11H2/t12-/m1/s1. The molecule has 0 N–H and O–H groups in total. The van der Waals surface area contributed by atoms with Crippen LogP contribution in [-0.4, -0.2) is 49.8 Å². The first-order chi connectivity index (χ1) is 11.7. The van der Waals surface area contributed by atoms with Gasteiger partial charge in [-0.3, -0.25) is 4.79 Å². The maximum Gasteiger partial charge on any atom is 0.254 e. The first-order valence-corrected chi connectivity index (χ1v) is 9.08. The summed E-state index contributed by atoms with van der Waals surface area (Å²) in [5, 5.41) is 0.442. The van der Waals surface area contributed by atoms with E-state index in [9.17, 15) is 4.79 Å². The molecule has 0 radical (unpaired) electrons. The second-order valence-corrected chi connectivity index (χ2v) is 7.16. The van der Waals surface area contributed by atoms with Gasteiger partial charge in [0.05, 0.1) is 24.8 Å². The number of rotatable bonds is 4. The highest BCUT2D eigenvalue weighted by atomic mass is 35.5. The van der Waals surface area contributed by atoms with E-state index in [-0.39, 0.29) is 5.91 Å². The maximum atomic E-state index is 13.1. The van der Waals surface area contributed by atoms with Crippen LogP contribution in [0.3, 0.4) is 0 Å². The van der Waals surface area contributed by atoms with Crippen molar-refractivity contribution in [2.75, 3.05) is 33.0 Å². The summed E-state index contributed by atoms with van der Waals surface area (Å²) in [7, 11) is 0. The van der Waals surface area contributed by atoms with Gasteiger partial charge in [-0.15, -0.1) is 0 Å². The first kappa shape index (κ1) is 16.0. The van der Waals surface area contributed by atoms with Gasteiger partial charge in [0.25, 0.3) is 5.91 Å². The van der Waals surface area contributed by atoms with Crippen LogP contribution in [0.4, 0.5) is 0 Å². The van der Waals surface area contributed by atoms with Gasteiger partial charge >= 0.3 is 0 Å². The summed E-state index contributed by atoms with van der Waals surface area (Å²) in [6.45, 7) is 3.46. The fraction of sp³-hybridized carbons (Fsp3) is 0.611. The van der Waals surface area contributed by atoms with E-state index in [1.54, 1.807) is 12.1 Å². The van der Waals surface area contributed by atoms with Gasteiger partial charge in [0.2, 0.25) is 0 Å². The van der Waals surface area contributed by atoms with Gasteiger partial charge in [-0.2, -0.15) is 0 Å². The summed E-state index contributed by atoms with van der Waals surface area (Å²) in [4.78, 5) is 15.1. The number of carbonyl (C=O) groups excluding carboxylic acids is 1. The van der Waals surface area contributed by atoms with Crippen LogP contribution in [0, 0.1) is 5.92 Å². The molecular formula is C18H22ClNO4. The average Bonchev–Trinajstić information content (AvgIpc) is 3.34. The van der Waals surface area contributed by atoms with Gasteiger partial charge in [0.15, 0.2) is 11.5 Å². The summed E-state index contributed by atoms with van der Waals surface area (Å²) >= 11 is 6.34. The van der Waals surface area contributed by atoms with Crippen molar-refractivity contribution in [2.24, 2.45) is 5.92 Å². The van der Waals surface area contributed by atoms with Crippen LogP contribution < -0.4 is 9.47 Å². The molecule has 0 bridgehead atoms. The van der Waals surface area contributed by atoms with Crippen molar-refractivity contribution < 1.29 is 19.0 Å². The molecule has 1 aliphatic carbocycles. The fourth-order valence-corrected chi connectivity index (χ4v) is 3.57. The number of ether oxygens (including phenoxy) is 3. The molecule has 1 amide bonds. The number of benzene rings is 1. The third kappa shape index (κ3) is 3.33. The zero-order valence-electron chi connectivity index (χ0n) is 13.6. The van der Waals surface area contributed by atoms with E-state index in [1.807, 2.05) is 4.90 Å². The molecule has 1 saturated carbocycles. The van der Waals surface area contributed by atoms with E-state index in [0.717, 1.165) is 45.4 Å². The summed E-state index contributed by atoms with van der Waals surface area (Å²) in [5.74, 6) is 1.59. The Morgan fingerprint density at radius 2 is 2.00 bits per heavy atom. The lowest BCUT2D eigenvalue weighted by molar-refractivity contribution is 0.0706. The molecule has 0 unspecified atom stereocenters. The highest BCUT2D eigenvalue weighted by Crippen LogP contribution is 2.39. The molecule has 2 heterocycles. The van der Waals surface area contributed by atoms with E-state index in [1.165, 1.54) is 0 Å². The quantitative estimate of drug-likeness (QED) is 0.836. The lowest BCUT2D eigenvalue weighted by Gasteiger charge is -2.25. The van der Waals surface area contributed by atoms with Crippen LogP contribution in [0.2, 0.25) is 5.02 Å². The molecule has 3 aliphatic rings. The zero-order chi connectivity index (χ0) is 16.5. The predicted octanol–water partition coefficient (Wildman–Crippen LogP) is 3.14. The van der Waals surface area contributed by atoms with Gasteiger partial charge in [-0.05, 0) is 31.4 Å². The number of hydrogen-bond acceptors (Lipinski definition) is 4. The first-order valence-electron chi connectivity index (χ1n) is 8.70. The van der Waals surface area contributed by atoms with Crippen molar-refractivity contribution in [3.8, 4) is 11.5 Å². The molecule has 24 heavy (non-hydrogen) atoms. The predicted molar refractivity (Wildman–Crippen MR) is 90.0 cm³/mol. The van der Waals surface area contributed by atoms with Crippen LogP contribution >= 0.6 is 11.6 Å². The topological polar surface area (TPSA) is 48.0 Å². The van der Waals surface area contributed by atoms with Gasteiger partial charge in [0.1, 0.15) is 0 Å². The average molecular weight is 352 g/mol. The molecule has 0 spiro atoms. The van der Waals surface area contributed by atoms with E-state index < -0.39 is 0 Å². The lowest BCUT2D eigenvalue weighted by Crippen LogP contribution is -2.37. The minimum atomic E-state index is 0.0296. The number of nitrogens with zero attached hydrogens (tertiary/aromatic N) is 1. The van der Waals surface area contributed by atoms with Crippen LogP contribution in [0.5, 0.6) is 11.5 Å². The van der Waals surface area contributed by atoms with Crippen molar-refractivity contribution in [1.82, 2.24) is 4.90 Å². The van der Waals surface area contributed by atoms with Crippen molar-refractivity contribution in [3.05, 3.63) is 22.7 Å². The number of halogens is 1. The Kier molecular flexibility index (Phi) is 4.55. The summed E-state index contributed by atoms with van der Waals surface area (Å²) in [5.41, 5.74) is 0.579. The Balaban J connectivity index is 1.57. The third-order valence-corrected chi connectivity index (χ3v) is 5.06. The molecule has 1 aromatic rings. The second kappa shape index (κ2) is 6.81. The van der Waals surface area contributed by atoms with E-state index in [2.05, 4.69) is 0 Å². The zero-order valence-corrected chi connectivity index (χ0v) is 14.4. The summed E-state index contributed by atoms with van der Waals surface area (Å²) in [6, 6.07) is 3.83. The normalized spacial score (nSPS) is 23.0. The van der Waals surface area contributed by atoms with E-state index in [4.69, 9.17) is 25.8 Å². The monoisotopic (exact) mass is 351 g/mol. The minimum Gasteiger partial charge on any atom is -0.489 e. The molecule has 2 fully saturated rings. The third-order valence-electron chi connectivity index (χ3n) is 4.78. The molecule has 6 heteroatoms. The highest BCUT2D eigenvalue weighted by molar-refractivity contribution is 6.32. The Morgan fingerprint density at radius 1 is 1.17 bits per heavy atom. The lowest BCUT2D eigenvalue weighted by atomic mass is 10.1. The van der Waals surface area contributed by atoms with Crippen LogP contribution in [0.15, 0.2) is 12.1 Å². The Labute approximate surface area is 146 Å². The van der Waals surface area contributed by atoms with Crippen LogP contribution in [-0.2, 0) is 4.74 Å². The highest BCUT2D eigenvalue weighted by Gasteiger charge is 2.35. The molecule has 5 nitrogen and oxygen atoms in total. The Bertz CT molecular complexity index is 626. The van der Waals surface area contributed by atoms with Gasteiger partial charge in [-0.1, -0.05) is 11.6 Å². The minimum absolute atomic E-state index is 0.0296. The van der Waals surface area contributed by atoms with E-state index >= 15 is 0 Å². The van der Waals surface area contributed by atoms with Crippen molar-refractivity contribution in [3.63, 3.8) is 0 Å². The van der Waals surface area contributed by atoms with Gasteiger partial charge in [0, 0.05) is 37.1 Å².